The number of amides is 1. The van der Waals surface area contributed by atoms with Crippen molar-refractivity contribution in [2.24, 2.45) is 11.7 Å². The first-order chi connectivity index (χ1) is 10.1. The summed E-state index contributed by atoms with van der Waals surface area (Å²) in [4.78, 5) is 16.5. The fourth-order valence-electron chi connectivity index (χ4n) is 1.85. The summed E-state index contributed by atoms with van der Waals surface area (Å²) in [7, 11) is 0. The van der Waals surface area contributed by atoms with Gasteiger partial charge in [0.15, 0.2) is 5.82 Å². The topological polar surface area (TPSA) is 68.0 Å². The average Bonchev–Trinajstić information content (AvgIpc) is 2.48. The second-order valence-corrected chi connectivity index (χ2v) is 5.35. The maximum Gasteiger partial charge on any atom is 0.235 e. The largest absolute Gasteiger partial charge is 0.393 e. The Hall–Kier alpha value is -1.98. The van der Waals surface area contributed by atoms with Gasteiger partial charge in [-0.25, -0.2) is 4.98 Å². The van der Waals surface area contributed by atoms with Gasteiger partial charge in [-0.3, -0.25) is 4.79 Å². The van der Waals surface area contributed by atoms with Crippen molar-refractivity contribution in [2.45, 2.75) is 6.42 Å². The first-order valence-electron chi connectivity index (χ1n) is 6.32. The maximum atomic E-state index is 12.3. The molecule has 21 heavy (non-hydrogen) atoms. The van der Waals surface area contributed by atoms with Gasteiger partial charge in [0.2, 0.25) is 5.91 Å². The van der Waals surface area contributed by atoms with Crippen molar-refractivity contribution in [3.63, 3.8) is 0 Å². The van der Waals surface area contributed by atoms with Gasteiger partial charge in [-0.2, -0.15) is 0 Å². The lowest BCUT2D eigenvalue weighted by Gasteiger charge is -2.15. The van der Waals surface area contributed by atoms with Gasteiger partial charge < -0.3 is 11.1 Å². The normalized spacial score (nSPS) is 11.7. The molecular weight excluding hydrogens is 306 g/mol. The number of nitrogens with zero attached hydrogens (tertiary/aromatic N) is 1. The van der Waals surface area contributed by atoms with E-state index in [1.165, 1.54) is 0 Å². The van der Waals surface area contributed by atoms with Gasteiger partial charge in [0.05, 0.1) is 15.9 Å². The highest BCUT2D eigenvalue weighted by Gasteiger charge is 2.23. The van der Waals surface area contributed by atoms with E-state index in [2.05, 4.69) is 10.3 Å². The van der Waals surface area contributed by atoms with Crippen molar-refractivity contribution in [2.75, 3.05) is 5.32 Å². The van der Waals surface area contributed by atoms with E-state index in [9.17, 15) is 4.79 Å². The first kappa shape index (κ1) is 15.4. The van der Waals surface area contributed by atoms with Crippen molar-refractivity contribution >= 4 is 40.5 Å². The zero-order chi connectivity index (χ0) is 15.2. The Bertz CT molecular complexity index is 648. The summed E-state index contributed by atoms with van der Waals surface area (Å²) in [5, 5.41) is 3.03. The van der Waals surface area contributed by atoms with Gasteiger partial charge in [-0.1, -0.05) is 54.2 Å². The number of anilines is 1. The van der Waals surface area contributed by atoms with E-state index in [1.54, 1.807) is 18.3 Å². The minimum absolute atomic E-state index is 0.142. The third kappa shape index (κ3) is 4.24. The van der Waals surface area contributed by atoms with E-state index >= 15 is 0 Å². The third-order valence-corrected chi connectivity index (χ3v) is 3.53. The second-order valence-electron chi connectivity index (χ2n) is 4.47. The van der Waals surface area contributed by atoms with Crippen LogP contribution in [0.2, 0.25) is 5.02 Å². The van der Waals surface area contributed by atoms with Crippen molar-refractivity contribution in [3.8, 4) is 0 Å². The highest BCUT2D eigenvalue weighted by atomic mass is 35.5. The quantitative estimate of drug-likeness (QED) is 0.832. The number of nitrogens with one attached hydrogen (secondary N) is 1. The summed E-state index contributed by atoms with van der Waals surface area (Å²) in [6, 6.07) is 12.9. The SMILES string of the molecule is NC(=S)C(Cc1ccccc1)C(=O)Nc1ncccc1Cl. The van der Waals surface area contributed by atoms with Gasteiger partial charge in [0.25, 0.3) is 0 Å². The lowest BCUT2D eigenvalue weighted by atomic mass is 9.98. The summed E-state index contributed by atoms with van der Waals surface area (Å²) < 4.78 is 0. The Morgan fingerprint density at radius 2 is 2.00 bits per heavy atom. The summed E-state index contributed by atoms with van der Waals surface area (Å²) in [6.45, 7) is 0. The number of benzene rings is 1. The summed E-state index contributed by atoms with van der Waals surface area (Å²) in [6.07, 6.45) is 1.99. The van der Waals surface area contributed by atoms with Crippen LogP contribution in [0.15, 0.2) is 48.7 Å². The number of carbonyl (C=O) groups excluding carboxylic acids is 1. The molecule has 1 unspecified atom stereocenters. The Morgan fingerprint density at radius 3 is 2.62 bits per heavy atom. The van der Waals surface area contributed by atoms with Crippen LogP contribution in [0, 0.1) is 5.92 Å². The molecule has 6 heteroatoms. The van der Waals surface area contributed by atoms with Crippen molar-refractivity contribution < 1.29 is 4.79 Å². The highest BCUT2D eigenvalue weighted by Crippen LogP contribution is 2.19. The highest BCUT2D eigenvalue weighted by molar-refractivity contribution is 7.80. The van der Waals surface area contributed by atoms with E-state index in [-0.39, 0.29) is 10.9 Å². The molecule has 0 radical (unpaired) electrons. The fraction of sp³-hybridized carbons (Fsp3) is 0.133. The second kappa shape index (κ2) is 7.15. The number of pyridine rings is 1. The number of thiocarbonyl (C=S) groups is 1. The lowest BCUT2D eigenvalue weighted by Crippen LogP contribution is -2.35. The lowest BCUT2D eigenvalue weighted by molar-refractivity contribution is -0.118. The molecule has 0 spiro atoms. The van der Waals surface area contributed by atoms with E-state index in [0.29, 0.717) is 17.3 Å². The molecule has 1 heterocycles. The van der Waals surface area contributed by atoms with E-state index in [1.807, 2.05) is 30.3 Å². The number of carbonyl (C=O) groups is 1. The predicted molar refractivity (Wildman–Crippen MR) is 88.3 cm³/mol. The first-order valence-corrected chi connectivity index (χ1v) is 7.11. The van der Waals surface area contributed by atoms with Crippen molar-refractivity contribution in [1.82, 2.24) is 4.98 Å². The monoisotopic (exact) mass is 319 g/mol. The number of hydrogen-bond donors (Lipinski definition) is 2. The van der Waals surface area contributed by atoms with Gasteiger partial charge in [0, 0.05) is 6.20 Å². The molecule has 0 bridgehead atoms. The van der Waals surface area contributed by atoms with Gasteiger partial charge in [-0.15, -0.1) is 0 Å². The smallest absolute Gasteiger partial charge is 0.235 e. The van der Waals surface area contributed by atoms with Crippen LogP contribution in [0.4, 0.5) is 5.82 Å². The van der Waals surface area contributed by atoms with Crippen molar-refractivity contribution in [1.29, 1.82) is 0 Å². The van der Waals surface area contributed by atoms with Crippen molar-refractivity contribution in [3.05, 3.63) is 59.2 Å². The van der Waals surface area contributed by atoms with E-state index in [0.717, 1.165) is 5.56 Å². The standard InChI is InChI=1S/C15H14ClN3OS/c16-12-7-4-8-18-14(12)19-15(20)11(13(17)21)9-10-5-2-1-3-6-10/h1-8,11H,9H2,(H2,17,21)(H,18,19,20). The Kier molecular flexibility index (Phi) is 5.25. The number of nitrogens with two attached hydrogens (primary N) is 1. The van der Waals surface area contributed by atoms with Crippen LogP contribution in [-0.4, -0.2) is 15.9 Å². The molecule has 1 aromatic heterocycles. The van der Waals surface area contributed by atoms with Gasteiger partial charge in [0.1, 0.15) is 0 Å². The molecule has 0 fully saturated rings. The van der Waals surface area contributed by atoms with Crippen LogP contribution < -0.4 is 11.1 Å². The molecule has 0 aliphatic heterocycles. The zero-order valence-electron chi connectivity index (χ0n) is 11.1. The van der Waals surface area contributed by atoms with Crippen LogP contribution in [0.25, 0.3) is 0 Å². The van der Waals surface area contributed by atoms with Crippen LogP contribution in [-0.2, 0) is 11.2 Å². The Balaban J connectivity index is 2.13. The Morgan fingerprint density at radius 1 is 1.29 bits per heavy atom. The number of aromatic nitrogens is 1. The molecule has 0 saturated heterocycles. The van der Waals surface area contributed by atoms with Gasteiger partial charge in [-0.05, 0) is 24.1 Å². The third-order valence-electron chi connectivity index (χ3n) is 2.94. The zero-order valence-corrected chi connectivity index (χ0v) is 12.7. The minimum Gasteiger partial charge on any atom is -0.393 e. The molecule has 2 aromatic rings. The molecule has 1 atom stereocenters. The van der Waals surface area contributed by atoms with Crippen LogP contribution >= 0.6 is 23.8 Å². The molecular formula is C15H14ClN3OS. The molecule has 0 aliphatic rings. The number of rotatable bonds is 5. The predicted octanol–water partition coefficient (Wildman–Crippen LogP) is 2.82. The van der Waals surface area contributed by atoms with Crippen LogP contribution in [0.1, 0.15) is 5.56 Å². The minimum atomic E-state index is -0.611. The molecule has 108 valence electrons. The molecule has 4 nitrogen and oxygen atoms in total. The average molecular weight is 320 g/mol. The molecule has 1 amide bonds. The molecule has 2 rings (SSSR count). The van der Waals surface area contributed by atoms with Crippen LogP contribution in [0.5, 0.6) is 0 Å². The fourth-order valence-corrected chi connectivity index (χ4v) is 2.21. The molecule has 3 N–H and O–H groups in total. The summed E-state index contributed by atoms with van der Waals surface area (Å²) in [5.74, 6) is -0.620. The summed E-state index contributed by atoms with van der Waals surface area (Å²) in [5.41, 5.74) is 6.68. The van der Waals surface area contributed by atoms with E-state index in [4.69, 9.17) is 29.6 Å². The van der Waals surface area contributed by atoms with Gasteiger partial charge >= 0.3 is 0 Å². The molecule has 1 aromatic carbocycles. The maximum absolute atomic E-state index is 12.3. The molecule has 0 saturated carbocycles. The van der Waals surface area contributed by atoms with E-state index < -0.39 is 5.92 Å². The van der Waals surface area contributed by atoms with Crippen LogP contribution in [0.3, 0.4) is 0 Å². The number of hydrogen-bond acceptors (Lipinski definition) is 3. The number of halogens is 1. The summed E-state index contributed by atoms with van der Waals surface area (Å²) >= 11 is 11.0. The Labute approximate surface area is 133 Å². The molecule has 0 aliphatic carbocycles.